The maximum atomic E-state index is 11.1. The average molecular weight is 227 g/mol. The Morgan fingerprint density at radius 2 is 1.94 bits per heavy atom. The second-order valence-electron chi connectivity index (χ2n) is 4.83. The van der Waals surface area contributed by atoms with Crippen LogP contribution in [0.15, 0.2) is 0 Å². The van der Waals surface area contributed by atoms with Crippen LogP contribution in [-0.4, -0.2) is 43.5 Å². The van der Waals surface area contributed by atoms with Crippen molar-refractivity contribution in [3.05, 3.63) is 0 Å². The van der Waals surface area contributed by atoms with E-state index in [4.69, 9.17) is 5.73 Å². The monoisotopic (exact) mass is 227 g/mol. The molecule has 1 amide bonds. The van der Waals surface area contributed by atoms with Gasteiger partial charge in [-0.15, -0.1) is 0 Å². The molecule has 0 aromatic heterocycles. The summed E-state index contributed by atoms with van der Waals surface area (Å²) < 4.78 is 0. The highest BCUT2D eigenvalue weighted by molar-refractivity contribution is 5.80. The second kappa shape index (κ2) is 6.86. The Morgan fingerprint density at radius 1 is 1.38 bits per heavy atom. The van der Waals surface area contributed by atoms with Gasteiger partial charge in [0.25, 0.3) is 0 Å². The standard InChI is InChI=1S/C12H25N3O/c1-14-11(12(13)16)9-15(2)10-7-5-3-4-6-8-10/h10-11,14H,3-9H2,1-2H3,(H2,13,16). The van der Waals surface area contributed by atoms with Crippen LogP contribution in [0, 0.1) is 0 Å². The fourth-order valence-corrected chi connectivity index (χ4v) is 2.46. The van der Waals surface area contributed by atoms with Gasteiger partial charge in [-0.1, -0.05) is 25.7 Å². The summed E-state index contributed by atoms with van der Waals surface area (Å²) >= 11 is 0. The molecule has 4 heteroatoms. The Labute approximate surface area is 98.6 Å². The molecule has 0 saturated heterocycles. The van der Waals surface area contributed by atoms with Gasteiger partial charge in [-0.25, -0.2) is 0 Å². The Kier molecular flexibility index (Phi) is 5.77. The fourth-order valence-electron chi connectivity index (χ4n) is 2.46. The number of primary amides is 1. The first-order valence-electron chi connectivity index (χ1n) is 6.32. The van der Waals surface area contributed by atoms with Crippen molar-refractivity contribution in [3.63, 3.8) is 0 Å². The fraction of sp³-hybridized carbons (Fsp3) is 0.917. The highest BCUT2D eigenvalue weighted by atomic mass is 16.1. The first-order chi connectivity index (χ1) is 7.65. The molecule has 1 aliphatic carbocycles. The molecule has 0 aromatic rings. The van der Waals surface area contributed by atoms with Crippen LogP contribution in [0.5, 0.6) is 0 Å². The molecule has 1 unspecified atom stereocenters. The molecule has 1 saturated carbocycles. The topological polar surface area (TPSA) is 58.4 Å². The van der Waals surface area contributed by atoms with Gasteiger partial charge >= 0.3 is 0 Å². The van der Waals surface area contributed by atoms with Gasteiger partial charge in [0.05, 0.1) is 6.04 Å². The highest BCUT2D eigenvalue weighted by Crippen LogP contribution is 2.20. The van der Waals surface area contributed by atoms with E-state index in [2.05, 4.69) is 17.3 Å². The third-order valence-electron chi connectivity index (χ3n) is 3.61. The molecular formula is C12H25N3O. The van der Waals surface area contributed by atoms with Crippen LogP contribution >= 0.6 is 0 Å². The van der Waals surface area contributed by atoms with Gasteiger partial charge in [-0.3, -0.25) is 4.79 Å². The third kappa shape index (κ3) is 4.10. The molecule has 3 N–H and O–H groups in total. The SMILES string of the molecule is CNC(CN(C)C1CCCCCC1)C(N)=O. The average Bonchev–Trinajstić information content (AvgIpc) is 2.53. The number of hydrogen-bond acceptors (Lipinski definition) is 3. The van der Waals surface area contributed by atoms with E-state index in [1.54, 1.807) is 7.05 Å². The van der Waals surface area contributed by atoms with Crippen LogP contribution in [0.3, 0.4) is 0 Å². The molecular weight excluding hydrogens is 202 g/mol. The summed E-state index contributed by atoms with van der Waals surface area (Å²) in [5.74, 6) is -0.261. The summed E-state index contributed by atoms with van der Waals surface area (Å²) in [4.78, 5) is 13.4. The van der Waals surface area contributed by atoms with Crippen molar-refractivity contribution < 1.29 is 4.79 Å². The summed E-state index contributed by atoms with van der Waals surface area (Å²) in [6, 6.07) is 0.394. The van der Waals surface area contributed by atoms with E-state index >= 15 is 0 Å². The summed E-state index contributed by atoms with van der Waals surface area (Å²) in [7, 11) is 3.89. The molecule has 0 radical (unpaired) electrons. The number of amides is 1. The van der Waals surface area contributed by atoms with E-state index < -0.39 is 0 Å². The van der Waals surface area contributed by atoms with Gasteiger partial charge in [0.1, 0.15) is 0 Å². The van der Waals surface area contributed by atoms with Crippen molar-refractivity contribution in [3.8, 4) is 0 Å². The van der Waals surface area contributed by atoms with Crippen molar-refractivity contribution in [1.29, 1.82) is 0 Å². The summed E-state index contributed by atoms with van der Waals surface area (Å²) in [5, 5.41) is 2.97. The molecule has 94 valence electrons. The number of nitrogens with two attached hydrogens (primary N) is 1. The normalized spacial score (nSPS) is 20.7. The Morgan fingerprint density at radius 3 is 2.38 bits per heavy atom. The van der Waals surface area contributed by atoms with Gasteiger partial charge in [-0.05, 0) is 26.9 Å². The summed E-state index contributed by atoms with van der Waals surface area (Å²) in [6.45, 7) is 0.719. The van der Waals surface area contributed by atoms with Gasteiger partial charge in [0.15, 0.2) is 0 Å². The van der Waals surface area contributed by atoms with Crippen LogP contribution in [0.4, 0.5) is 0 Å². The van der Waals surface area contributed by atoms with E-state index in [1.807, 2.05) is 0 Å². The molecule has 0 aromatic carbocycles. The second-order valence-corrected chi connectivity index (χ2v) is 4.83. The first-order valence-corrected chi connectivity index (χ1v) is 6.32. The van der Waals surface area contributed by atoms with Crippen LogP contribution in [0.2, 0.25) is 0 Å². The summed E-state index contributed by atoms with van der Waals surface area (Å²) in [6.07, 6.45) is 7.86. The van der Waals surface area contributed by atoms with Gasteiger partial charge < -0.3 is 16.0 Å². The minimum absolute atomic E-state index is 0.228. The molecule has 0 aliphatic heterocycles. The number of nitrogens with one attached hydrogen (secondary N) is 1. The van der Waals surface area contributed by atoms with Crippen LogP contribution < -0.4 is 11.1 Å². The molecule has 1 aliphatic rings. The molecule has 0 bridgehead atoms. The third-order valence-corrected chi connectivity index (χ3v) is 3.61. The lowest BCUT2D eigenvalue weighted by Crippen LogP contribution is -2.49. The largest absolute Gasteiger partial charge is 0.368 e. The smallest absolute Gasteiger partial charge is 0.235 e. The van der Waals surface area contributed by atoms with Crippen LogP contribution in [-0.2, 0) is 4.79 Å². The zero-order chi connectivity index (χ0) is 12.0. The van der Waals surface area contributed by atoms with Crippen molar-refractivity contribution in [1.82, 2.24) is 10.2 Å². The zero-order valence-corrected chi connectivity index (χ0v) is 10.5. The maximum absolute atomic E-state index is 11.1. The molecule has 1 atom stereocenters. The summed E-state index contributed by atoms with van der Waals surface area (Å²) in [5.41, 5.74) is 5.33. The van der Waals surface area contributed by atoms with Crippen molar-refractivity contribution in [2.45, 2.75) is 50.6 Å². The van der Waals surface area contributed by atoms with Crippen molar-refractivity contribution in [2.24, 2.45) is 5.73 Å². The number of carbonyl (C=O) groups is 1. The highest BCUT2D eigenvalue weighted by Gasteiger charge is 2.21. The first kappa shape index (κ1) is 13.5. The van der Waals surface area contributed by atoms with E-state index in [-0.39, 0.29) is 11.9 Å². The lowest BCUT2D eigenvalue weighted by Gasteiger charge is -2.29. The number of rotatable bonds is 5. The van der Waals surface area contributed by atoms with E-state index in [9.17, 15) is 4.79 Å². The predicted octanol–water partition coefficient (Wildman–Crippen LogP) is 0.714. The number of carbonyl (C=O) groups excluding carboxylic acids is 1. The molecule has 0 heterocycles. The quantitative estimate of drug-likeness (QED) is 0.680. The molecule has 1 fully saturated rings. The molecule has 0 spiro atoms. The predicted molar refractivity (Wildman–Crippen MR) is 66.2 cm³/mol. The minimum Gasteiger partial charge on any atom is -0.368 e. The minimum atomic E-state index is -0.261. The Bertz CT molecular complexity index is 212. The molecule has 1 rings (SSSR count). The van der Waals surface area contributed by atoms with Crippen LogP contribution in [0.1, 0.15) is 38.5 Å². The van der Waals surface area contributed by atoms with Gasteiger partial charge in [0.2, 0.25) is 5.91 Å². The van der Waals surface area contributed by atoms with E-state index in [0.29, 0.717) is 6.04 Å². The molecule has 16 heavy (non-hydrogen) atoms. The van der Waals surface area contributed by atoms with Crippen molar-refractivity contribution >= 4 is 5.91 Å². The number of hydrogen-bond donors (Lipinski definition) is 2. The van der Waals surface area contributed by atoms with Crippen molar-refractivity contribution in [2.75, 3.05) is 20.6 Å². The van der Waals surface area contributed by atoms with Gasteiger partial charge in [-0.2, -0.15) is 0 Å². The van der Waals surface area contributed by atoms with E-state index in [1.165, 1.54) is 38.5 Å². The van der Waals surface area contributed by atoms with Crippen LogP contribution in [0.25, 0.3) is 0 Å². The Balaban J connectivity index is 2.42. The number of likely N-dealkylation sites (N-methyl/N-ethyl adjacent to an activating group) is 2. The Hall–Kier alpha value is -0.610. The van der Waals surface area contributed by atoms with Gasteiger partial charge in [0, 0.05) is 12.6 Å². The van der Waals surface area contributed by atoms with E-state index in [0.717, 1.165) is 6.54 Å². The zero-order valence-electron chi connectivity index (χ0n) is 10.5. The lowest BCUT2D eigenvalue weighted by molar-refractivity contribution is -0.120. The number of nitrogens with zero attached hydrogens (tertiary/aromatic N) is 1. The molecule has 4 nitrogen and oxygen atoms in total. The lowest BCUT2D eigenvalue weighted by atomic mass is 10.1. The maximum Gasteiger partial charge on any atom is 0.235 e.